The maximum atomic E-state index is 12.2. The second-order valence-electron chi connectivity index (χ2n) is 5.11. The van der Waals surface area contributed by atoms with Crippen LogP contribution in [-0.2, 0) is 19.1 Å². The van der Waals surface area contributed by atoms with Crippen molar-refractivity contribution >= 4 is 34.2 Å². The minimum atomic E-state index is -0.491. The van der Waals surface area contributed by atoms with E-state index in [1.54, 1.807) is 6.92 Å². The molecule has 1 atom stereocenters. The van der Waals surface area contributed by atoms with E-state index < -0.39 is 17.9 Å². The van der Waals surface area contributed by atoms with Gasteiger partial charge in [-0.3, -0.25) is 9.59 Å². The van der Waals surface area contributed by atoms with Crippen molar-refractivity contribution < 1.29 is 23.9 Å². The lowest BCUT2D eigenvalue weighted by Crippen LogP contribution is -2.27. The molecular weight excluding hydrogens is 306 g/mol. The third kappa shape index (κ3) is 2.85. The molecule has 0 saturated carbocycles. The van der Waals surface area contributed by atoms with Crippen molar-refractivity contribution in [2.45, 2.75) is 27.2 Å². The lowest BCUT2D eigenvalue weighted by Gasteiger charge is -2.16. The lowest BCUT2D eigenvalue weighted by molar-refractivity contribution is -0.145. The highest BCUT2D eigenvalue weighted by Gasteiger charge is 2.39. The van der Waals surface area contributed by atoms with E-state index in [2.05, 4.69) is 0 Å². The highest BCUT2D eigenvalue weighted by Crippen LogP contribution is 2.39. The van der Waals surface area contributed by atoms with Crippen LogP contribution in [0.4, 0.5) is 5.00 Å². The van der Waals surface area contributed by atoms with Crippen LogP contribution in [-0.4, -0.2) is 38.1 Å². The van der Waals surface area contributed by atoms with Crippen LogP contribution in [0.2, 0.25) is 0 Å². The maximum Gasteiger partial charge on any atom is 0.341 e. The van der Waals surface area contributed by atoms with Gasteiger partial charge >= 0.3 is 11.9 Å². The van der Waals surface area contributed by atoms with Crippen LogP contribution >= 0.6 is 11.3 Å². The molecule has 1 aromatic heterocycles. The Kier molecular flexibility index (Phi) is 4.85. The van der Waals surface area contributed by atoms with Gasteiger partial charge in [-0.05, 0) is 26.3 Å². The third-order valence-electron chi connectivity index (χ3n) is 3.75. The molecule has 0 aromatic carbocycles. The highest BCUT2D eigenvalue weighted by molar-refractivity contribution is 7.16. The van der Waals surface area contributed by atoms with Crippen LogP contribution in [0.3, 0.4) is 0 Å². The van der Waals surface area contributed by atoms with Crippen LogP contribution in [0.1, 0.15) is 34.1 Å². The summed E-state index contributed by atoms with van der Waals surface area (Å²) in [7, 11) is 1.30. The minimum absolute atomic E-state index is 0.102. The lowest BCUT2D eigenvalue weighted by atomic mass is 10.1. The van der Waals surface area contributed by atoms with Crippen molar-refractivity contribution in [3.8, 4) is 0 Å². The average molecular weight is 325 g/mol. The Morgan fingerprint density at radius 1 is 1.36 bits per heavy atom. The first kappa shape index (κ1) is 16.5. The number of aryl methyl sites for hydroxylation is 1. The number of hydrogen-bond donors (Lipinski definition) is 0. The number of thiophene rings is 1. The van der Waals surface area contributed by atoms with Gasteiger partial charge in [0, 0.05) is 17.8 Å². The number of esters is 2. The molecule has 0 aliphatic carbocycles. The Morgan fingerprint density at radius 2 is 2.05 bits per heavy atom. The Labute approximate surface area is 133 Å². The van der Waals surface area contributed by atoms with Crippen LogP contribution < -0.4 is 4.90 Å². The van der Waals surface area contributed by atoms with Gasteiger partial charge in [0.25, 0.3) is 0 Å². The molecule has 2 heterocycles. The molecule has 1 amide bonds. The third-order valence-corrected chi connectivity index (χ3v) is 4.98. The van der Waals surface area contributed by atoms with E-state index >= 15 is 0 Å². The number of anilines is 1. The van der Waals surface area contributed by atoms with Crippen LogP contribution in [0.5, 0.6) is 0 Å². The molecule has 0 radical (unpaired) electrons. The summed E-state index contributed by atoms with van der Waals surface area (Å²) >= 11 is 1.37. The molecule has 0 spiro atoms. The fourth-order valence-corrected chi connectivity index (χ4v) is 3.64. The number of rotatable bonds is 4. The first-order valence-electron chi connectivity index (χ1n) is 7.06. The van der Waals surface area contributed by atoms with E-state index in [9.17, 15) is 14.4 Å². The van der Waals surface area contributed by atoms with Crippen LogP contribution in [0.15, 0.2) is 0 Å². The number of carbonyl (C=O) groups excluding carboxylic acids is 3. The van der Waals surface area contributed by atoms with Crippen LogP contribution in [0.25, 0.3) is 0 Å². The van der Waals surface area contributed by atoms with Gasteiger partial charge in [-0.1, -0.05) is 0 Å². The van der Waals surface area contributed by atoms with E-state index in [0.717, 1.165) is 10.4 Å². The second kappa shape index (κ2) is 6.48. The molecule has 1 aliphatic heterocycles. The molecule has 6 nitrogen and oxygen atoms in total. The first-order chi connectivity index (χ1) is 10.4. The Balaban J connectivity index is 2.37. The van der Waals surface area contributed by atoms with Gasteiger partial charge in [0.2, 0.25) is 5.91 Å². The summed E-state index contributed by atoms with van der Waals surface area (Å²) < 4.78 is 9.80. The Hall–Kier alpha value is -1.89. The fourth-order valence-electron chi connectivity index (χ4n) is 2.47. The van der Waals surface area contributed by atoms with E-state index in [0.29, 0.717) is 10.6 Å². The summed E-state index contributed by atoms with van der Waals surface area (Å²) in [6, 6.07) is 0. The van der Waals surface area contributed by atoms with Crippen molar-refractivity contribution in [1.82, 2.24) is 0 Å². The SMILES string of the molecule is CCOC(=O)c1c(N2CC(C(=O)OC)CC2=O)sc(C)c1C. The predicted octanol–water partition coefficient (Wildman–Crippen LogP) is 2.07. The number of methoxy groups -OCH3 is 1. The summed E-state index contributed by atoms with van der Waals surface area (Å²) in [6.07, 6.45) is 0.102. The zero-order valence-electron chi connectivity index (χ0n) is 13.1. The summed E-state index contributed by atoms with van der Waals surface area (Å²) in [5.41, 5.74) is 1.23. The molecule has 22 heavy (non-hydrogen) atoms. The second-order valence-corrected chi connectivity index (χ2v) is 6.32. The predicted molar refractivity (Wildman–Crippen MR) is 82.2 cm³/mol. The Morgan fingerprint density at radius 3 is 2.64 bits per heavy atom. The molecule has 1 saturated heterocycles. The molecular formula is C15H19NO5S. The normalized spacial score (nSPS) is 17.7. The number of amides is 1. The zero-order chi connectivity index (χ0) is 16.4. The fraction of sp³-hybridized carbons (Fsp3) is 0.533. The minimum Gasteiger partial charge on any atom is -0.469 e. The van der Waals surface area contributed by atoms with E-state index in [-0.39, 0.29) is 25.5 Å². The number of nitrogens with zero attached hydrogens (tertiary/aromatic N) is 1. The largest absolute Gasteiger partial charge is 0.469 e. The number of ether oxygens (including phenoxy) is 2. The molecule has 120 valence electrons. The standard InChI is InChI=1S/C15H19NO5S/c1-5-21-15(19)12-8(2)9(3)22-13(12)16-7-10(6-11(16)17)14(18)20-4/h10H,5-7H2,1-4H3. The van der Waals surface area contributed by atoms with Gasteiger partial charge in [-0.2, -0.15) is 0 Å². The van der Waals surface area contributed by atoms with Crippen molar-refractivity contribution in [3.05, 3.63) is 16.0 Å². The summed E-state index contributed by atoms with van der Waals surface area (Å²) in [6.45, 7) is 5.97. The smallest absolute Gasteiger partial charge is 0.341 e. The number of hydrogen-bond acceptors (Lipinski definition) is 6. The monoisotopic (exact) mass is 325 g/mol. The van der Waals surface area contributed by atoms with Gasteiger partial charge in [-0.25, -0.2) is 4.79 Å². The summed E-state index contributed by atoms with van der Waals surface area (Å²) in [5, 5.41) is 0.560. The van der Waals surface area contributed by atoms with Gasteiger partial charge in [-0.15, -0.1) is 11.3 Å². The topological polar surface area (TPSA) is 72.9 Å². The van der Waals surface area contributed by atoms with Gasteiger partial charge in [0.15, 0.2) is 0 Å². The van der Waals surface area contributed by atoms with Gasteiger partial charge in [0.05, 0.1) is 25.2 Å². The molecule has 0 N–H and O–H groups in total. The van der Waals surface area contributed by atoms with Crippen molar-refractivity contribution in [1.29, 1.82) is 0 Å². The van der Waals surface area contributed by atoms with Crippen molar-refractivity contribution in [2.24, 2.45) is 5.92 Å². The zero-order valence-corrected chi connectivity index (χ0v) is 13.9. The average Bonchev–Trinajstić information content (AvgIpc) is 2.99. The van der Waals surface area contributed by atoms with Gasteiger partial charge in [0.1, 0.15) is 5.00 Å². The molecule has 2 rings (SSSR count). The van der Waals surface area contributed by atoms with E-state index in [4.69, 9.17) is 9.47 Å². The quantitative estimate of drug-likeness (QED) is 0.792. The molecule has 1 unspecified atom stereocenters. The highest BCUT2D eigenvalue weighted by atomic mass is 32.1. The van der Waals surface area contributed by atoms with Crippen LogP contribution in [0, 0.1) is 19.8 Å². The molecule has 1 aliphatic rings. The van der Waals surface area contributed by atoms with E-state index in [1.807, 2.05) is 13.8 Å². The molecule has 0 bridgehead atoms. The summed E-state index contributed by atoms with van der Waals surface area (Å²) in [4.78, 5) is 38.5. The molecule has 1 fully saturated rings. The first-order valence-corrected chi connectivity index (χ1v) is 7.87. The maximum absolute atomic E-state index is 12.2. The molecule has 1 aromatic rings. The summed E-state index contributed by atoms with van der Waals surface area (Å²) in [5.74, 6) is -1.51. The van der Waals surface area contributed by atoms with Crippen molar-refractivity contribution in [2.75, 3.05) is 25.2 Å². The van der Waals surface area contributed by atoms with E-state index in [1.165, 1.54) is 23.3 Å². The number of carbonyl (C=O) groups is 3. The Bertz CT molecular complexity index is 622. The van der Waals surface area contributed by atoms with Crippen molar-refractivity contribution in [3.63, 3.8) is 0 Å². The molecule has 7 heteroatoms. The van der Waals surface area contributed by atoms with Gasteiger partial charge < -0.3 is 14.4 Å².